The minimum atomic E-state index is 0. The van der Waals surface area contributed by atoms with E-state index in [2.05, 4.69) is 36.7 Å². The molecule has 0 saturated carbocycles. The number of hydrogen-bond donors (Lipinski definition) is 1. The van der Waals surface area contributed by atoms with Crippen molar-refractivity contribution < 1.29 is 5.11 Å². The van der Waals surface area contributed by atoms with Gasteiger partial charge in [0.15, 0.2) is 4.80 Å². The van der Waals surface area contributed by atoms with E-state index in [0.29, 0.717) is 5.75 Å². The molecule has 0 unspecified atom stereocenters. The van der Waals surface area contributed by atoms with Crippen LogP contribution in [0.25, 0.3) is 21.0 Å². The van der Waals surface area contributed by atoms with Crippen molar-refractivity contribution in [1.29, 1.82) is 0 Å². The molecule has 1 aromatic heterocycles. The van der Waals surface area contributed by atoms with Gasteiger partial charge in [0.25, 0.3) is 0 Å². The molecule has 0 spiro atoms. The number of fused-ring (bicyclic) bond motifs is 3. The van der Waals surface area contributed by atoms with Gasteiger partial charge >= 0.3 is 0 Å². The maximum atomic E-state index is 10.5. The third kappa shape index (κ3) is 4.11. The fourth-order valence-electron chi connectivity index (χ4n) is 2.92. The predicted octanol–water partition coefficient (Wildman–Crippen LogP) is 4.10. The van der Waals surface area contributed by atoms with E-state index >= 15 is 0 Å². The summed E-state index contributed by atoms with van der Waals surface area (Å²) in [5.41, 5.74) is 2.10. The van der Waals surface area contributed by atoms with Crippen molar-refractivity contribution in [2.75, 3.05) is 27.2 Å². The third-order valence-electron chi connectivity index (χ3n) is 4.17. The Bertz CT molecular complexity index is 931. The summed E-state index contributed by atoms with van der Waals surface area (Å²) in [7, 11) is 6.22. The Morgan fingerprint density at radius 3 is 2.44 bits per heavy atom. The fraction of sp³-hybridized carbons (Fsp3) is 0.389. The van der Waals surface area contributed by atoms with E-state index in [1.807, 2.05) is 25.1 Å². The minimum Gasteiger partial charge on any atom is -0.507 e. The molecule has 0 amide bonds. The number of aryl methyl sites for hydroxylation is 2. The molecule has 25 heavy (non-hydrogen) atoms. The number of rotatable bonds is 4. The Labute approximate surface area is 164 Å². The predicted molar refractivity (Wildman–Crippen MR) is 113 cm³/mol. The molecule has 0 fully saturated rings. The van der Waals surface area contributed by atoms with Crippen molar-refractivity contribution in [3.8, 4) is 5.75 Å². The first kappa shape index (κ1) is 21.8. The lowest BCUT2D eigenvalue weighted by atomic mass is 10.0. The molecule has 0 atom stereocenters. The van der Waals surface area contributed by atoms with Crippen LogP contribution in [0.5, 0.6) is 5.75 Å². The van der Waals surface area contributed by atoms with Crippen LogP contribution in [0.1, 0.15) is 12.0 Å². The zero-order valence-corrected chi connectivity index (χ0v) is 17.4. The Morgan fingerprint density at radius 2 is 1.80 bits per heavy atom. The molecule has 3 rings (SSSR count). The lowest BCUT2D eigenvalue weighted by Crippen LogP contribution is -2.15. The molecule has 0 aliphatic heterocycles. The molecule has 2 aromatic carbocycles. The van der Waals surface area contributed by atoms with Gasteiger partial charge in [0.05, 0.1) is 10.2 Å². The number of aromatic nitrogens is 1. The lowest BCUT2D eigenvalue weighted by Gasteiger charge is -2.08. The summed E-state index contributed by atoms with van der Waals surface area (Å²) >= 11 is 1.66. The van der Waals surface area contributed by atoms with Gasteiger partial charge in [-0.25, -0.2) is 0 Å². The Kier molecular flexibility index (Phi) is 7.75. The first-order chi connectivity index (χ1) is 11.0. The highest BCUT2D eigenvalue weighted by molar-refractivity contribution is 7.16. The van der Waals surface area contributed by atoms with E-state index in [4.69, 9.17) is 4.99 Å². The van der Waals surface area contributed by atoms with Crippen molar-refractivity contribution in [3.63, 3.8) is 0 Å². The van der Waals surface area contributed by atoms with Crippen LogP contribution in [0.3, 0.4) is 0 Å². The molecule has 4 nitrogen and oxygen atoms in total. The molecule has 138 valence electrons. The molecule has 7 heteroatoms. The molecule has 0 radical (unpaired) electrons. The zero-order valence-electron chi connectivity index (χ0n) is 14.9. The largest absolute Gasteiger partial charge is 0.507 e. The smallest absolute Gasteiger partial charge is 0.185 e. The zero-order chi connectivity index (χ0) is 16.6. The average molecular weight is 402 g/mol. The van der Waals surface area contributed by atoms with Crippen molar-refractivity contribution in [2.24, 2.45) is 12.0 Å². The molecular weight excluding hydrogens is 377 g/mol. The van der Waals surface area contributed by atoms with Gasteiger partial charge < -0.3 is 14.6 Å². The van der Waals surface area contributed by atoms with Gasteiger partial charge in [-0.05, 0) is 34.0 Å². The molecular formula is C18H25Cl2N3OS. The Balaban J connectivity index is 0.00000156. The molecule has 0 bridgehead atoms. The highest BCUT2D eigenvalue weighted by Gasteiger charge is 2.14. The SMILES string of the molecule is Cc1c(O)c2ccccc2c2c1s/c(=N/CCCN(C)C)n2C.Cl.Cl. The van der Waals surface area contributed by atoms with Crippen molar-refractivity contribution in [2.45, 2.75) is 13.3 Å². The highest BCUT2D eigenvalue weighted by atomic mass is 35.5. The molecule has 1 heterocycles. The minimum absolute atomic E-state index is 0. The van der Waals surface area contributed by atoms with Crippen LogP contribution < -0.4 is 4.80 Å². The maximum absolute atomic E-state index is 10.5. The molecule has 0 aliphatic rings. The van der Waals surface area contributed by atoms with Crippen molar-refractivity contribution in [1.82, 2.24) is 9.47 Å². The standard InChI is InChI=1S/C18H23N3OS.2ClH/c1-12-16(22)14-9-6-5-8-13(14)15-17(12)23-18(21(15)4)19-10-7-11-20(2)3;;/h5-6,8-9,22H,7,10-11H2,1-4H3;2*1H/b19-18+;;. The quantitative estimate of drug-likeness (QED) is 0.668. The summed E-state index contributed by atoms with van der Waals surface area (Å²) in [5.74, 6) is 0.383. The van der Waals surface area contributed by atoms with Crippen LogP contribution in [-0.2, 0) is 7.05 Å². The molecule has 3 aromatic rings. The van der Waals surface area contributed by atoms with E-state index < -0.39 is 0 Å². The number of nitrogens with zero attached hydrogens (tertiary/aromatic N) is 3. The van der Waals surface area contributed by atoms with Crippen LogP contribution in [0.2, 0.25) is 0 Å². The van der Waals surface area contributed by atoms with Crippen LogP contribution in [0.15, 0.2) is 29.3 Å². The Hall–Kier alpha value is -1.27. The Morgan fingerprint density at radius 1 is 1.16 bits per heavy atom. The average Bonchev–Trinajstić information content (AvgIpc) is 2.86. The summed E-state index contributed by atoms with van der Waals surface area (Å²) in [5, 5.41) is 12.5. The van der Waals surface area contributed by atoms with Crippen LogP contribution in [0, 0.1) is 6.92 Å². The number of phenolic OH excluding ortho intramolecular Hbond substituents is 1. The number of thiazole rings is 1. The van der Waals surface area contributed by atoms with E-state index in [1.54, 1.807) is 11.3 Å². The van der Waals surface area contributed by atoms with Gasteiger partial charge in [-0.3, -0.25) is 4.99 Å². The normalized spacial score (nSPS) is 11.8. The van der Waals surface area contributed by atoms with Crippen molar-refractivity contribution in [3.05, 3.63) is 34.6 Å². The second-order valence-corrected chi connectivity index (χ2v) is 7.16. The van der Waals surface area contributed by atoms with Crippen LogP contribution in [-0.4, -0.2) is 41.8 Å². The summed E-state index contributed by atoms with van der Waals surface area (Å²) in [6, 6.07) is 8.02. The number of benzene rings is 2. The topological polar surface area (TPSA) is 40.8 Å². The monoisotopic (exact) mass is 401 g/mol. The van der Waals surface area contributed by atoms with Crippen molar-refractivity contribution >= 4 is 57.1 Å². The molecule has 1 N–H and O–H groups in total. The first-order valence-electron chi connectivity index (χ1n) is 7.85. The number of hydrogen-bond acceptors (Lipinski definition) is 4. The number of aromatic hydroxyl groups is 1. The highest BCUT2D eigenvalue weighted by Crippen LogP contribution is 2.37. The van der Waals surface area contributed by atoms with Gasteiger partial charge in [0.2, 0.25) is 0 Å². The summed E-state index contributed by atoms with van der Waals surface area (Å²) in [4.78, 5) is 7.95. The number of halogens is 2. The van der Waals surface area contributed by atoms with E-state index in [1.165, 1.54) is 0 Å². The lowest BCUT2D eigenvalue weighted by molar-refractivity contribution is 0.402. The maximum Gasteiger partial charge on any atom is 0.185 e. The second-order valence-electron chi connectivity index (χ2n) is 6.18. The van der Waals surface area contributed by atoms with E-state index in [9.17, 15) is 5.11 Å². The van der Waals surface area contributed by atoms with Gasteiger partial charge in [-0.2, -0.15) is 0 Å². The first-order valence-corrected chi connectivity index (χ1v) is 8.67. The van der Waals surface area contributed by atoms with Gasteiger partial charge in [0, 0.05) is 29.9 Å². The summed E-state index contributed by atoms with van der Waals surface area (Å²) in [6.45, 7) is 3.85. The summed E-state index contributed by atoms with van der Waals surface area (Å²) in [6.07, 6.45) is 1.05. The second kappa shape index (κ2) is 8.90. The van der Waals surface area contributed by atoms with Gasteiger partial charge in [-0.15, -0.1) is 24.8 Å². The molecule has 0 saturated heterocycles. The molecule has 0 aliphatic carbocycles. The third-order valence-corrected chi connectivity index (χ3v) is 5.46. The van der Waals surface area contributed by atoms with Gasteiger partial charge in [-0.1, -0.05) is 35.6 Å². The van der Waals surface area contributed by atoms with Gasteiger partial charge in [0.1, 0.15) is 5.75 Å². The van der Waals surface area contributed by atoms with E-state index in [-0.39, 0.29) is 24.8 Å². The van der Waals surface area contributed by atoms with Crippen LogP contribution >= 0.6 is 36.2 Å². The van der Waals surface area contributed by atoms with Crippen LogP contribution in [0.4, 0.5) is 0 Å². The van der Waals surface area contributed by atoms with E-state index in [0.717, 1.165) is 50.9 Å². The summed E-state index contributed by atoms with van der Waals surface area (Å²) < 4.78 is 3.28. The fourth-order valence-corrected chi connectivity index (χ4v) is 4.08. The number of phenols is 1.